The predicted octanol–water partition coefficient (Wildman–Crippen LogP) is 2.44. The smallest absolute Gasteiger partial charge is 0.307 e. The molecular weight excluding hydrogens is 268 g/mol. The molecule has 5 nitrogen and oxygen atoms in total. The second-order valence-corrected chi connectivity index (χ2v) is 4.37. The number of nitrogens with zero attached hydrogens (tertiary/aromatic N) is 1. The molecule has 0 aliphatic rings. The van der Waals surface area contributed by atoms with Crippen molar-refractivity contribution >= 4 is 17.6 Å². The van der Waals surface area contributed by atoms with Gasteiger partial charge in [0.05, 0.1) is 18.1 Å². The van der Waals surface area contributed by atoms with Gasteiger partial charge in [-0.1, -0.05) is 24.3 Å². The number of benzene rings is 2. The van der Waals surface area contributed by atoms with Crippen LogP contribution in [0.5, 0.6) is 0 Å². The van der Waals surface area contributed by atoms with Crippen molar-refractivity contribution in [1.82, 2.24) is 0 Å². The van der Waals surface area contributed by atoms with Gasteiger partial charge >= 0.3 is 5.97 Å². The van der Waals surface area contributed by atoms with Crippen LogP contribution in [0.4, 0.5) is 5.69 Å². The highest BCUT2D eigenvalue weighted by atomic mass is 16.4. The second kappa shape index (κ2) is 6.35. The number of hydrogen-bond acceptors (Lipinski definition) is 3. The zero-order chi connectivity index (χ0) is 15.2. The van der Waals surface area contributed by atoms with Gasteiger partial charge in [0.15, 0.2) is 0 Å². The van der Waals surface area contributed by atoms with Gasteiger partial charge in [0.1, 0.15) is 0 Å². The lowest BCUT2D eigenvalue weighted by molar-refractivity contribution is -0.136. The molecule has 0 spiro atoms. The van der Waals surface area contributed by atoms with Crippen molar-refractivity contribution in [2.75, 3.05) is 5.32 Å². The number of amides is 1. The molecule has 21 heavy (non-hydrogen) atoms. The Bertz CT molecular complexity index is 732. The number of para-hydroxylation sites is 1. The lowest BCUT2D eigenvalue weighted by Gasteiger charge is -2.09. The normalized spacial score (nSPS) is 9.67. The molecule has 2 aromatic carbocycles. The summed E-state index contributed by atoms with van der Waals surface area (Å²) in [6, 6.07) is 15.0. The van der Waals surface area contributed by atoms with Crippen molar-refractivity contribution in [3.05, 3.63) is 65.2 Å². The molecule has 0 heterocycles. The molecule has 0 atom stereocenters. The van der Waals surface area contributed by atoms with Crippen molar-refractivity contribution in [1.29, 1.82) is 5.26 Å². The SMILES string of the molecule is N#Cc1cccc(C(=O)Nc2ccccc2CC(=O)O)c1. The average molecular weight is 280 g/mol. The Morgan fingerprint density at radius 1 is 1.14 bits per heavy atom. The predicted molar refractivity (Wildman–Crippen MR) is 76.9 cm³/mol. The van der Waals surface area contributed by atoms with E-state index in [9.17, 15) is 9.59 Å². The van der Waals surface area contributed by atoms with E-state index in [0.717, 1.165) is 0 Å². The summed E-state index contributed by atoms with van der Waals surface area (Å²) in [5, 5.41) is 20.4. The molecule has 0 aliphatic heterocycles. The van der Waals surface area contributed by atoms with Gasteiger partial charge in [-0.3, -0.25) is 9.59 Å². The van der Waals surface area contributed by atoms with Crippen LogP contribution < -0.4 is 5.32 Å². The molecule has 0 bridgehead atoms. The van der Waals surface area contributed by atoms with Crippen molar-refractivity contribution < 1.29 is 14.7 Å². The summed E-state index contributed by atoms with van der Waals surface area (Å²) in [5.41, 5.74) is 1.71. The number of rotatable bonds is 4. The van der Waals surface area contributed by atoms with Gasteiger partial charge in [0, 0.05) is 11.3 Å². The first-order valence-electron chi connectivity index (χ1n) is 6.21. The first-order chi connectivity index (χ1) is 10.1. The van der Waals surface area contributed by atoms with E-state index in [1.165, 1.54) is 6.07 Å². The number of aliphatic carboxylic acids is 1. The van der Waals surface area contributed by atoms with Crippen LogP contribution in [-0.4, -0.2) is 17.0 Å². The zero-order valence-corrected chi connectivity index (χ0v) is 11.0. The first-order valence-corrected chi connectivity index (χ1v) is 6.21. The maximum Gasteiger partial charge on any atom is 0.307 e. The summed E-state index contributed by atoms with van der Waals surface area (Å²) >= 11 is 0. The summed E-state index contributed by atoms with van der Waals surface area (Å²) in [6.07, 6.45) is -0.172. The molecule has 0 aliphatic carbocycles. The Labute approximate surface area is 121 Å². The zero-order valence-electron chi connectivity index (χ0n) is 11.0. The molecule has 2 aromatic rings. The molecule has 0 saturated heterocycles. The number of hydrogen-bond donors (Lipinski definition) is 2. The van der Waals surface area contributed by atoms with Crippen LogP contribution in [0.1, 0.15) is 21.5 Å². The lowest BCUT2D eigenvalue weighted by atomic mass is 10.1. The summed E-state index contributed by atoms with van der Waals surface area (Å²) in [4.78, 5) is 23.0. The highest BCUT2D eigenvalue weighted by molar-refractivity contribution is 6.05. The number of carbonyl (C=O) groups is 2. The van der Waals surface area contributed by atoms with Crippen LogP contribution in [0.2, 0.25) is 0 Å². The van der Waals surface area contributed by atoms with Crippen LogP contribution in [0.25, 0.3) is 0 Å². The van der Waals surface area contributed by atoms with Gasteiger partial charge < -0.3 is 10.4 Å². The van der Waals surface area contributed by atoms with Crippen molar-refractivity contribution in [3.8, 4) is 6.07 Å². The Morgan fingerprint density at radius 2 is 1.90 bits per heavy atom. The average Bonchev–Trinajstić information content (AvgIpc) is 2.48. The first kappa shape index (κ1) is 14.3. The number of anilines is 1. The Morgan fingerprint density at radius 3 is 2.62 bits per heavy atom. The van der Waals surface area contributed by atoms with Crippen LogP contribution in [-0.2, 0) is 11.2 Å². The molecular formula is C16H12N2O3. The fraction of sp³-hybridized carbons (Fsp3) is 0.0625. The summed E-state index contributed by atoms with van der Waals surface area (Å²) in [5.74, 6) is -1.35. The topological polar surface area (TPSA) is 90.2 Å². The molecule has 0 unspecified atom stereocenters. The lowest BCUT2D eigenvalue weighted by Crippen LogP contribution is -2.14. The van der Waals surface area contributed by atoms with Gasteiger partial charge in [-0.05, 0) is 29.8 Å². The van der Waals surface area contributed by atoms with Crippen molar-refractivity contribution in [2.24, 2.45) is 0 Å². The monoisotopic (exact) mass is 280 g/mol. The molecule has 2 N–H and O–H groups in total. The fourth-order valence-corrected chi connectivity index (χ4v) is 1.88. The molecule has 0 saturated carbocycles. The largest absolute Gasteiger partial charge is 0.481 e. The van der Waals surface area contributed by atoms with E-state index in [1.807, 2.05) is 6.07 Å². The molecule has 1 amide bonds. The summed E-state index contributed by atoms with van der Waals surface area (Å²) < 4.78 is 0. The standard InChI is InChI=1S/C16H12N2O3/c17-10-11-4-3-6-13(8-11)16(21)18-14-7-2-1-5-12(14)9-15(19)20/h1-8H,9H2,(H,18,21)(H,19,20). The third-order valence-electron chi connectivity index (χ3n) is 2.86. The molecule has 104 valence electrons. The number of carboxylic acid groups (broad SMARTS) is 1. The third-order valence-corrected chi connectivity index (χ3v) is 2.86. The number of nitrogens with one attached hydrogen (secondary N) is 1. The van der Waals surface area contributed by atoms with Gasteiger partial charge in [-0.2, -0.15) is 5.26 Å². The van der Waals surface area contributed by atoms with Gasteiger partial charge in [0.25, 0.3) is 5.91 Å². The Kier molecular flexibility index (Phi) is 4.32. The van der Waals surface area contributed by atoms with E-state index in [0.29, 0.717) is 22.4 Å². The van der Waals surface area contributed by atoms with Gasteiger partial charge in [-0.25, -0.2) is 0 Å². The van der Waals surface area contributed by atoms with Crippen LogP contribution in [0.3, 0.4) is 0 Å². The van der Waals surface area contributed by atoms with E-state index >= 15 is 0 Å². The van der Waals surface area contributed by atoms with E-state index in [1.54, 1.807) is 42.5 Å². The van der Waals surface area contributed by atoms with Crippen LogP contribution in [0, 0.1) is 11.3 Å². The molecule has 0 fully saturated rings. The number of carboxylic acids is 1. The summed E-state index contributed by atoms with van der Waals surface area (Å²) in [6.45, 7) is 0. The maximum atomic E-state index is 12.2. The minimum Gasteiger partial charge on any atom is -0.481 e. The third kappa shape index (κ3) is 3.67. The van der Waals surface area contributed by atoms with Crippen molar-refractivity contribution in [2.45, 2.75) is 6.42 Å². The highest BCUT2D eigenvalue weighted by Crippen LogP contribution is 2.17. The highest BCUT2D eigenvalue weighted by Gasteiger charge is 2.11. The maximum absolute atomic E-state index is 12.2. The van der Waals surface area contributed by atoms with Gasteiger partial charge in [-0.15, -0.1) is 0 Å². The van der Waals surface area contributed by atoms with Crippen LogP contribution in [0.15, 0.2) is 48.5 Å². The molecule has 0 aromatic heterocycles. The fourth-order valence-electron chi connectivity index (χ4n) is 1.88. The molecule has 5 heteroatoms. The van der Waals surface area contributed by atoms with E-state index in [2.05, 4.69) is 5.32 Å². The van der Waals surface area contributed by atoms with E-state index in [-0.39, 0.29) is 12.3 Å². The Hall–Kier alpha value is -3.13. The molecule has 2 rings (SSSR count). The van der Waals surface area contributed by atoms with Crippen LogP contribution >= 0.6 is 0 Å². The minimum absolute atomic E-state index is 0.172. The second-order valence-electron chi connectivity index (χ2n) is 4.37. The minimum atomic E-state index is -0.969. The van der Waals surface area contributed by atoms with E-state index < -0.39 is 5.97 Å². The summed E-state index contributed by atoms with van der Waals surface area (Å²) in [7, 11) is 0. The van der Waals surface area contributed by atoms with Crippen molar-refractivity contribution in [3.63, 3.8) is 0 Å². The van der Waals surface area contributed by atoms with Gasteiger partial charge in [0.2, 0.25) is 0 Å². The number of nitriles is 1. The number of carbonyl (C=O) groups excluding carboxylic acids is 1. The van der Waals surface area contributed by atoms with E-state index in [4.69, 9.17) is 10.4 Å². The quantitative estimate of drug-likeness (QED) is 0.900. The molecule has 0 radical (unpaired) electrons. The Balaban J connectivity index is 2.23.